The smallest absolute Gasteiger partial charge is 0.0605 e. The maximum absolute atomic E-state index is 6.12. The molecule has 0 aromatic heterocycles. The van der Waals surface area contributed by atoms with E-state index >= 15 is 0 Å². The van der Waals surface area contributed by atoms with Gasteiger partial charge in [-0.25, -0.2) is 0 Å². The Labute approximate surface area is 144 Å². The van der Waals surface area contributed by atoms with Crippen LogP contribution < -0.4 is 0 Å². The monoisotopic (exact) mass is 324 g/mol. The molecule has 2 fully saturated rings. The fourth-order valence-corrected chi connectivity index (χ4v) is 4.13. The Balaban J connectivity index is 1.49. The van der Waals surface area contributed by atoms with Gasteiger partial charge in [-0.3, -0.25) is 0 Å². The molecule has 1 saturated carbocycles. The van der Waals surface area contributed by atoms with E-state index in [9.17, 15) is 0 Å². The van der Waals surface area contributed by atoms with Crippen molar-refractivity contribution in [2.24, 2.45) is 17.8 Å². The first kappa shape index (κ1) is 19.2. The quantitative estimate of drug-likeness (QED) is 0.640. The van der Waals surface area contributed by atoms with Crippen molar-refractivity contribution < 1.29 is 4.74 Å². The van der Waals surface area contributed by atoms with Crippen molar-refractivity contribution in [1.82, 2.24) is 9.80 Å². The molecule has 0 N–H and O–H groups in total. The maximum atomic E-state index is 6.12. The van der Waals surface area contributed by atoms with Gasteiger partial charge in [0.1, 0.15) is 0 Å². The average molecular weight is 325 g/mol. The van der Waals surface area contributed by atoms with E-state index in [0.717, 1.165) is 30.4 Å². The second-order valence-electron chi connectivity index (χ2n) is 8.88. The van der Waals surface area contributed by atoms with E-state index in [0.29, 0.717) is 6.10 Å². The molecule has 0 bridgehead atoms. The largest absolute Gasteiger partial charge is 0.378 e. The highest BCUT2D eigenvalue weighted by atomic mass is 16.5. The summed E-state index contributed by atoms with van der Waals surface area (Å²) in [4.78, 5) is 5.16. The first-order chi connectivity index (χ1) is 10.9. The Kier molecular flexibility index (Phi) is 7.84. The van der Waals surface area contributed by atoms with E-state index in [1.54, 1.807) is 0 Å². The molecule has 0 spiro atoms. The summed E-state index contributed by atoms with van der Waals surface area (Å²) in [5.41, 5.74) is 0. The number of hydrogen-bond acceptors (Lipinski definition) is 3. The molecular weight excluding hydrogens is 284 g/mol. The summed E-state index contributed by atoms with van der Waals surface area (Å²) in [5, 5.41) is 0. The summed E-state index contributed by atoms with van der Waals surface area (Å²) in [6, 6.07) is 0.765. The molecular formula is C20H40N2O. The lowest BCUT2D eigenvalue weighted by Crippen LogP contribution is -2.47. The van der Waals surface area contributed by atoms with Crippen molar-refractivity contribution in [2.75, 3.05) is 39.8 Å². The fraction of sp³-hybridized carbons (Fsp3) is 1.00. The predicted octanol–water partition coefficient (Wildman–Crippen LogP) is 3.88. The number of hydrogen-bond donors (Lipinski definition) is 0. The molecule has 0 aromatic rings. The lowest BCUT2D eigenvalue weighted by Gasteiger charge is -2.42. The molecule has 3 heteroatoms. The van der Waals surface area contributed by atoms with Crippen molar-refractivity contribution in [3.63, 3.8) is 0 Å². The molecule has 1 saturated heterocycles. The second kappa shape index (κ2) is 9.39. The van der Waals surface area contributed by atoms with Crippen molar-refractivity contribution in [3.05, 3.63) is 0 Å². The Morgan fingerprint density at radius 1 is 1.04 bits per heavy atom. The van der Waals surface area contributed by atoms with Gasteiger partial charge in [-0.05, 0) is 70.0 Å². The zero-order chi connectivity index (χ0) is 16.8. The summed E-state index contributed by atoms with van der Waals surface area (Å²) in [5.74, 6) is 2.47. The van der Waals surface area contributed by atoms with Gasteiger partial charge in [0.15, 0.2) is 0 Å². The Bertz CT molecular complexity index is 318. The summed E-state index contributed by atoms with van der Waals surface area (Å²) in [7, 11) is 2.27. The van der Waals surface area contributed by atoms with Gasteiger partial charge in [0.05, 0.1) is 6.10 Å². The second-order valence-corrected chi connectivity index (χ2v) is 8.88. The van der Waals surface area contributed by atoms with E-state index in [4.69, 9.17) is 4.74 Å². The van der Waals surface area contributed by atoms with E-state index in [1.165, 1.54) is 58.3 Å². The zero-order valence-corrected chi connectivity index (χ0v) is 16.3. The minimum atomic E-state index is 0.538. The Hall–Kier alpha value is -0.120. The van der Waals surface area contributed by atoms with Gasteiger partial charge in [0, 0.05) is 25.7 Å². The number of ether oxygens (including phenoxy) is 1. The third kappa shape index (κ3) is 6.72. The Morgan fingerprint density at radius 2 is 1.70 bits per heavy atom. The number of piperidine rings is 1. The maximum Gasteiger partial charge on any atom is 0.0605 e. The van der Waals surface area contributed by atoms with Crippen LogP contribution in [0.15, 0.2) is 0 Å². The van der Waals surface area contributed by atoms with Gasteiger partial charge < -0.3 is 14.5 Å². The van der Waals surface area contributed by atoms with Crippen molar-refractivity contribution in [2.45, 2.75) is 71.9 Å². The molecule has 0 amide bonds. The topological polar surface area (TPSA) is 15.7 Å². The molecule has 0 aromatic carbocycles. The van der Waals surface area contributed by atoms with Crippen molar-refractivity contribution >= 4 is 0 Å². The van der Waals surface area contributed by atoms with E-state index in [2.05, 4.69) is 44.5 Å². The summed E-state index contributed by atoms with van der Waals surface area (Å²) in [6.07, 6.45) is 7.06. The highest BCUT2D eigenvalue weighted by molar-refractivity contribution is 4.87. The first-order valence-electron chi connectivity index (χ1n) is 9.98. The van der Waals surface area contributed by atoms with Gasteiger partial charge in [-0.1, -0.05) is 27.7 Å². The molecule has 1 aliphatic carbocycles. The van der Waals surface area contributed by atoms with Gasteiger partial charge >= 0.3 is 0 Å². The minimum absolute atomic E-state index is 0.538. The van der Waals surface area contributed by atoms with Crippen LogP contribution in [0.25, 0.3) is 0 Å². The van der Waals surface area contributed by atoms with Crippen molar-refractivity contribution in [3.8, 4) is 0 Å². The van der Waals surface area contributed by atoms with Crippen LogP contribution in [0.4, 0.5) is 0 Å². The van der Waals surface area contributed by atoms with E-state index < -0.39 is 0 Å². The molecule has 136 valence electrons. The number of likely N-dealkylation sites (tertiary alicyclic amines) is 1. The molecule has 2 aliphatic rings. The molecule has 2 rings (SSSR count). The molecule has 23 heavy (non-hydrogen) atoms. The van der Waals surface area contributed by atoms with E-state index in [1.807, 2.05) is 0 Å². The van der Waals surface area contributed by atoms with Crippen LogP contribution in [0.3, 0.4) is 0 Å². The van der Waals surface area contributed by atoms with Crippen LogP contribution >= 0.6 is 0 Å². The van der Waals surface area contributed by atoms with Crippen LogP contribution in [-0.4, -0.2) is 61.8 Å². The third-order valence-electron chi connectivity index (χ3n) is 5.56. The lowest BCUT2D eigenvalue weighted by molar-refractivity contribution is -0.0521. The highest BCUT2D eigenvalue weighted by Crippen LogP contribution is 2.29. The van der Waals surface area contributed by atoms with Gasteiger partial charge in [-0.15, -0.1) is 0 Å². The third-order valence-corrected chi connectivity index (χ3v) is 5.56. The highest BCUT2D eigenvalue weighted by Gasteiger charge is 2.32. The first-order valence-corrected chi connectivity index (χ1v) is 9.98. The molecule has 1 aliphatic heterocycles. The SMILES string of the molecule is CC(C)CN1CCC(CCO[C@H]2C[C@H](N(C)CC(C)C)C2)CC1. The summed E-state index contributed by atoms with van der Waals surface area (Å²) >= 11 is 0. The van der Waals surface area contributed by atoms with Gasteiger partial charge in [0.2, 0.25) is 0 Å². The average Bonchev–Trinajstić information content (AvgIpc) is 2.41. The van der Waals surface area contributed by atoms with E-state index in [-0.39, 0.29) is 0 Å². The number of rotatable bonds is 9. The van der Waals surface area contributed by atoms with Crippen molar-refractivity contribution in [1.29, 1.82) is 0 Å². The molecule has 1 heterocycles. The molecule has 3 nitrogen and oxygen atoms in total. The van der Waals surface area contributed by atoms with Gasteiger partial charge in [0.25, 0.3) is 0 Å². The normalized spacial score (nSPS) is 27.1. The lowest BCUT2D eigenvalue weighted by atomic mass is 9.87. The van der Waals surface area contributed by atoms with Crippen LogP contribution in [-0.2, 0) is 4.74 Å². The molecule has 0 atom stereocenters. The van der Waals surface area contributed by atoms with Gasteiger partial charge in [-0.2, -0.15) is 0 Å². The summed E-state index contributed by atoms with van der Waals surface area (Å²) in [6.45, 7) is 15.3. The minimum Gasteiger partial charge on any atom is -0.378 e. The van der Waals surface area contributed by atoms with Crippen LogP contribution in [0.1, 0.15) is 59.8 Å². The summed E-state index contributed by atoms with van der Waals surface area (Å²) < 4.78 is 6.12. The van der Waals surface area contributed by atoms with Crippen LogP contribution in [0.5, 0.6) is 0 Å². The zero-order valence-electron chi connectivity index (χ0n) is 16.3. The standard InChI is InChI=1S/C20H40N2O/c1-16(2)14-21(5)19-12-20(13-19)23-11-8-18-6-9-22(10-7-18)15-17(3)4/h16-20H,6-15H2,1-5H3/t19-,20-. The molecule has 0 unspecified atom stereocenters. The van der Waals surface area contributed by atoms with Crippen LogP contribution in [0.2, 0.25) is 0 Å². The molecule has 0 radical (unpaired) electrons. The van der Waals surface area contributed by atoms with Crippen LogP contribution in [0, 0.1) is 17.8 Å². The predicted molar refractivity (Wildman–Crippen MR) is 98.8 cm³/mol. The number of nitrogens with zero attached hydrogens (tertiary/aromatic N) is 2. The Morgan fingerprint density at radius 3 is 2.26 bits per heavy atom. The fourth-order valence-electron chi connectivity index (χ4n) is 4.13.